The van der Waals surface area contributed by atoms with E-state index in [1.54, 1.807) is 24.3 Å². The van der Waals surface area contributed by atoms with Crippen LogP contribution in [-0.4, -0.2) is 101 Å². The Balaban J connectivity index is 1.00. The van der Waals surface area contributed by atoms with Crippen molar-refractivity contribution in [1.82, 2.24) is 19.8 Å². The largest absolute Gasteiger partial charge is 0.371 e. The molecule has 0 aliphatic carbocycles. The highest BCUT2D eigenvalue weighted by atomic mass is 32.2. The fraction of sp³-hybridized carbons (Fsp3) is 0.455. The minimum absolute atomic E-state index is 0.00344. The number of piperidine rings is 1. The number of thioether (sulfide) groups is 1. The summed E-state index contributed by atoms with van der Waals surface area (Å²) in [7, 11) is 0. The minimum Gasteiger partial charge on any atom is -0.371 e. The zero-order valence-corrected chi connectivity index (χ0v) is 26.5. The minimum atomic E-state index is -0.143. The summed E-state index contributed by atoms with van der Waals surface area (Å²) in [6, 6.07) is 16.2. The first kappa shape index (κ1) is 30.2. The van der Waals surface area contributed by atoms with Gasteiger partial charge in [-0.15, -0.1) is 0 Å². The second-order valence-corrected chi connectivity index (χ2v) is 13.0. The number of anilines is 5. The zero-order chi connectivity index (χ0) is 30.5. The van der Waals surface area contributed by atoms with E-state index in [-0.39, 0.29) is 11.8 Å². The Kier molecular flexibility index (Phi) is 9.51. The highest BCUT2D eigenvalue weighted by molar-refractivity contribution is 7.99. The number of piperazine rings is 1. The molecule has 232 valence electrons. The van der Waals surface area contributed by atoms with Crippen LogP contribution in [0.15, 0.2) is 54.7 Å². The van der Waals surface area contributed by atoms with Gasteiger partial charge in [0.15, 0.2) is 5.78 Å². The quantitative estimate of drug-likeness (QED) is 0.352. The van der Waals surface area contributed by atoms with Gasteiger partial charge in [0, 0.05) is 104 Å². The summed E-state index contributed by atoms with van der Waals surface area (Å²) in [6.45, 7) is 10.8. The molecule has 6 rings (SSSR count). The van der Waals surface area contributed by atoms with Gasteiger partial charge in [-0.1, -0.05) is 0 Å². The highest BCUT2D eigenvalue weighted by Crippen LogP contribution is 2.27. The summed E-state index contributed by atoms with van der Waals surface area (Å²) in [4.78, 5) is 43.0. The van der Waals surface area contributed by atoms with Crippen molar-refractivity contribution in [2.45, 2.75) is 32.7 Å². The molecule has 3 aromatic rings. The standard InChI is InChI=1S/C33H42N8O2S/c1-24-23-34-32(35-27-7-9-29(10-8-27)38-13-11-30(12-14-38)39-19-21-44-22-20-39)37-31(24)40-15-17-41(18-16-40)33(43)36-28-5-3-26(4-6-28)25(2)42/h3-10,23,30H,11-22H2,1-2H3,(H,36,43)(H,34,35,37). The lowest BCUT2D eigenvalue weighted by Gasteiger charge is -2.40. The second-order valence-electron chi connectivity index (χ2n) is 11.8. The zero-order valence-electron chi connectivity index (χ0n) is 25.7. The number of nitrogens with zero attached hydrogens (tertiary/aromatic N) is 6. The molecule has 3 aliphatic rings. The SMILES string of the molecule is CC(=O)c1ccc(NC(=O)N2CCN(c3nc(Nc4ccc(N5CCC(N6CCSCC6)CC5)cc4)ncc3C)CC2)cc1. The highest BCUT2D eigenvalue weighted by Gasteiger charge is 2.26. The number of amides is 2. The average Bonchev–Trinajstić information content (AvgIpc) is 3.07. The van der Waals surface area contributed by atoms with Crippen LogP contribution in [0.5, 0.6) is 0 Å². The van der Waals surface area contributed by atoms with E-state index in [1.165, 1.54) is 50.0 Å². The Bertz CT molecular complexity index is 1430. The van der Waals surface area contributed by atoms with Crippen LogP contribution in [-0.2, 0) is 0 Å². The van der Waals surface area contributed by atoms with Gasteiger partial charge < -0.3 is 25.3 Å². The van der Waals surface area contributed by atoms with Crippen LogP contribution in [0.25, 0.3) is 0 Å². The second kappa shape index (κ2) is 13.9. The maximum absolute atomic E-state index is 12.8. The average molecular weight is 615 g/mol. The van der Waals surface area contributed by atoms with Crippen molar-refractivity contribution in [2.75, 3.05) is 84.3 Å². The number of Topliss-reactive ketones (excluding diaryl/α,β-unsaturated/α-hetero) is 1. The van der Waals surface area contributed by atoms with E-state index in [0.717, 1.165) is 36.2 Å². The first-order chi connectivity index (χ1) is 21.4. The summed E-state index contributed by atoms with van der Waals surface area (Å²) in [5, 5.41) is 6.32. The van der Waals surface area contributed by atoms with Crippen LogP contribution in [0, 0.1) is 6.92 Å². The summed E-state index contributed by atoms with van der Waals surface area (Å²) < 4.78 is 0. The molecule has 10 nitrogen and oxygen atoms in total. The molecule has 2 amide bonds. The molecule has 3 fully saturated rings. The van der Waals surface area contributed by atoms with Crippen molar-refractivity contribution in [2.24, 2.45) is 0 Å². The Morgan fingerprint density at radius 2 is 1.48 bits per heavy atom. The molecule has 0 saturated carbocycles. The summed E-state index contributed by atoms with van der Waals surface area (Å²) in [5.41, 5.74) is 4.53. The maximum Gasteiger partial charge on any atom is 0.321 e. The molecule has 0 unspecified atom stereocenters. The molecular formula is C33H42N8O2S. The third kappa shape index (κ3) is 7.27. The molecule has 0 radical (unpaired) electrons. The molecule has 3 aliphatic heterocycles. The van der Waals surface area contributed by atoms with Gasteiger partial charge >= 0.3 is 6.03 Å². The fourth-order valence-corrected chi connectivity index (χ4v) is 7.17. The topological polar surface area (TPSA) is 96.9 Å². The van der Waals surface area contributed by atoms with E-state index in [1.807, 2.05) is 18.0 Å². The molecule has 2 aromatic carbocycles. The Morgan fingerprint density at radius 3 is 2.14 bits per heavy atom. The van der Waals surface area contributed by atoms with E-state index in [4.69, 9.17) is 4.98 Å². The van der Waals surface area contributed by atoms with Gasteiger partial charge in [-0.25, -0.2) is 9.78 Å². The molecule has 0 atom stereocenters. The van der Waals surface area contributed by atoms with Crippen molar-refractivity contribution >= 4 is 52.4 Å². The van der Waals surface area contributed by atoms with Gasteiger partial charge in [-0.05, 0) is 75.2 Å². The number of aromatic nitrogens is 2. The number of hydrogen-bond acceptors (Lipinski definition) is 9. The van der Waals surface area contributed by atoms with Crippen LogP contribution in [0.1, 0.15) is 35.7 Å². The first-order valence-corrected chi connectivity index (χ1v) is 16.8. The van der Waals surface area contributed by atoms with Crippen molar-refractivity contribution in [3.8, 4) is 0 Å². The molecule has 2 N–H and O–H groups in total. The predicted molar refractivity (Wildman–Crippen MR) is 180 cm³/mol. The van der Waals surface area contributed by atoms with Crippen LogP contribution in [0.3, 0.4) is 0 Å². The number of rotatable bonds is 7. The number of urea groups is 1. The van der Waals surface area contributed by atoms with Crippen molar-refractivity contribution in [1.29, 1.82) is 0 Å². The van der Waals surface area contributed by atoms with Crippen molar-refractivity contribution in [3.05, 3.63) is 65.9 Å². The summed E-state index contributed by atoms with van der Waals surface area (Å²) in [5.74, 6) is 4.00. The van der Waals surface area contributed by atoms with Gasteiger partial charge in [0.05, 0.1) is 0 Å². The summed E-state index contributed by atoms with van der Waals surface area (Å²) in [6.07, 6.45) is 4.33. The normalized spacial score (nSPS) is 18.3. The monoisotopic (exact) mass is 614 g/mol. The third-order valence-electron chi connectivity index (χ3n) is 8.87. The molecule has 4 heterocycles. The number of carbonyl (C=O) groups excluding carboxylic acids is 2. The van der Waals surface area contributed by atoms with Crippen LogP contribution < -0.4 is 20.4 Å². The van der Waals surface area contributed by atoms with Crippen LogP contribution in [0.4, 0.5) is 33.6 Å². The molecule has 1 aromatic heterocycles. The third-order valence-corrected chi connectivity index (χ3v) is 9.81. The maximum atomic E-state index is 12.8. The van der Waals surface area contributed by atoms with E-state index < -0.39 is 0 Å². The molecule has 11 heteroatoms. The molecule has 3 saturated heterocycles. The number of hydrogen-bond donors (Lipinski definition) is 2. The van der Waals surface area contributed by atoms with E-state index in [9.17, 15) is 9.59 Å². The molecular weight excluding hydrogens is 572 g/mol. The van der Waals surface area contributed by atoms with Crippen molar-refractivity contribution in [3.63, 3.8) is 0 Å². The number of nitrogens with one attached hydrogen (secondary N) is 2. The number of carbonyl (C=O) groups is 2. The van der Waals surface area contributed by atoms with Crippen LogP contribution in [0.2, 0.25) is 0 Å². The Hall–Kier alpha value is -3.83. The van der Waals surface area contributed by atoms with Crippen molar-refractivity contribution < 1.29 is 9.59 Å². The van der Waals surface area contributed by atoms with Gasteiger partial charge in [0.25, 0.3) is 0 Å². The molecule has 44 heavy (non-hydrogen) atoms. The Labute approximate surface area is 264 Å². The Morgan fingerprint density at radius 1 is 0.818 bits per heavy atom. The first-order valence-electron chi connectivity index (χ1n) is 15.6. The smallest absolute Gasteiger partial charge is 0.321 e. The van der Waals surface area contributed by atoms with E-state index in [0.29, 0.717) is 43.4 Å². The van der Waals surface area contributed by atoms with Gasteiger partial charge in [-0.2, -0.15) is 16.7 Å². The number of ketones is 1. The molecule has 0 bridgehead atoms. The fourth-order valence-electron chi connectivity index (χ4n) is 6.24. The van der Waals surface area contributed by atoms with Crippen LogP contribution >= 0.6 is 11.8 Å². The summed E-state index contributed by atoms with van der Waals surface area (Å²) >= 11 is 2.08. The van der Waals surface area contributed by atoms with E-state index >= 15 is 0 Å². The van der Waals surface area contributed by atoms with Gasteiger partial charge in [0.1, 0.15) is 5.82 Å². The van der Waals surface area contributed by atoms with E-state index in [2.05, 4.69) is 66.3 Å². The number of aryl methyl sites for hydroxylation is 1. The molecule has 0 spiro atoms. The lowest BCUT2D eigenvalue weighted by Crippen LogP contribution is -2.50. The van der Waals surface area contributed by atoms with Gasteiger partial charge in [-0.3, -0.25) is 9.69 Å². The predicted octanol–water partition coefficient (Wildman–Crippen LogP) is 5.10. The number of benzene rings is 2. The lowest BCUT2D eigenvalue weighted by atomic mass is 10.0. The lowest BCUT2D eigenvalue weighted by molar-refractivity contribution is 0.101. The van der Waals surface area contributed by atoms with Gasteiger partial charge in [0.2, 0.25) is 5.95 Å².